The first-order chi connectivity index (χ1) is 13.7. The quantitative estimate of drug-likeness (QED) is 0.246. The van der Waals surface area contributed by atoms with Gasteiger partial charge in [-0.3, -0.25) is 4.79 Å². The summed E-state index contributed by atoms with van der Waals surface area (Å²) >= 11 is 0. The molecular weight excluding hydrogens is 481 g/mol. The van der Waals surface area contributed by atoms with Gasteiger partial charge in [-0.25, -0.2) is 4.99 Å². The maximum Gasteiger partial charge on any atom is 0.221 e. The molecule has 1 aliphatic carbocycles. The molecule has 1 aromatic heterocycles. The lowest BCUT2D eigenvalue weighted by molar-refractivity contribution is -0.121. The summed E-state index contributed by atoms with van der Waals surface area (Å²) in [7, 11) is 0. The largest absolute Gasteiger partial charge is 0.359 e. The third kappa shape index (κ3) is 9.35. The molecule has 0 atom stereocenters. The van der Waals surface area contributed by atoms with Crippen LogP contribution in [0.25, 0.3) is 0 Å². The van der Waals surface area contributed by atoms with Crippen LogP contribution in [0.3, 0.4) is 0 Å². The smallest absolute Gasteiger partial charge is 0.221 e. The van der Waals surface area contributed by atoms with Gasteiger partial charge in [0.25, 0.3) is 0 Å². The van der Waals surface area contributed by atoms with E-state index in [2.05, 4.69) is 39.9 Å². The Labute approximate surface area is 192 Å². The van der Waals surface area contributed by atoms with Crippen molar-refractivity contribution >= 4 is 35.8 Å². The number of nitrogens with zero attached hydrogens (tertiary/aromatic N) is 2. The number of aliphatic imine (C=N–C) groups is 1. The predicted molar refractivity (Wildman–Crippen MR) is 128 cm³/mol. The number of aromatic nitrogens is 1. The molecular formula is C21H38IN5O2. The number of carbonyl (C=O) groups is 1. The Hall–Kier alpha value is -1.32. The molecule has 0 radical (unpaired) electrons. The highest BCUT2D eigenvalue weighted by atomic mass is 127. The van der Waals surface area contributed by atoms with E-state index >= 15 is 0 Å². The fourth-order valence-corrected chi connectivity index (χ4v) is 3.64. The van der Waals surface area contributed by atoms with Crippen molar-refractivity contribution in [2.45, 2.75) is 90.6 Å². The van der Waals surface area contributed by atoms with Gasteiger partial charge in [-0.2, -0.15) is 0 Å². The van der Waals surface area contributed by atoms with Crippen LogP contribution in [0, 0.1) is 0 Å². The summed E-state index contributed by atoms with van der Waals surface area (Å²) in [6.07, 6.45) is 8.52. The first kappa shape index (κ1) is 25.7. The second-order valence-corrected chi connectivity index (χ2v) is 7.51. The van der Waals surface area contributed by atoms with Gasteiger partial charge in [-0.1, -0.05) is 38.3 Å². The average Bonchev–Trinajstić information content (AvgIpc) is 3.16. The van der Waals surface area contributed by atoms with Gasteiger partial charge in [0.05, 0.1) is 5.69 Å². The van der Waals surface area contributed by atoms with Crippen LogP contribution in [-0.2, 0) is 11.3 Å². The molecule has 0 saturated heterocycles. The zero-order valence-electron chi connectivity index (χ0n) is 18.1. The molecule has 1 fully saturated rings. The van der Waals surface area contributed by atoms with Crippen molar-refractivity contribution in [2.24, 2.45) is 4.99 Å². The normalized spacial score (nSPS) is 15.1. The van der Waals surface area contributed by atoms with Gasteiger partial charge in [0.1, 0.15) is 6.54 Å². The lowest BCUT2D eigenvalue weighted by atomic mass is 9.95. The number of halogens is 1. The van der Waals surface area contributed by atoms with E-state index in [4.69, 9.17) is 4.52 Å². The monoisotopic (exact) mass is 519 g/mol. The summed E-state index contributed by atoms with van der Waals surface area (Å²) < 4.78 is 5.43. The van der Waals surface area contributed by atoms with Crippen LogP contribution in [-0.4, -0.2) is 36.2 Å². The summed E-state index contributed by atoms with van der Waals surface area (Å²) in [5.74, 6) is 2.00. The number of hydrogen-bond acceptors (Lipinski definition) is 4. The van der Waals surface area contributed by atoms with E-state index in [1.165, 1.54) is 19.3 Å². The summed E-state index contributed by atoms with van der Waals surface area (Å²) in [6.45, 7) is 8.09. The second-order valence-electron chi connectivity index (χ2n) is 7.51. The molecule has 7 nitrogen and oxygen atoms in total. The molecule has 0 spiro atoms. The van der Waals surface area contributed by atoms with Crippen molar-refractivity contribution in [1.29, 1.82) is 0 Å². The molecule has 0 bridgehead atoms. The molecule has 1 amide bonds. The number of guanidine groups is 1. The van der Waals surface area contributed by atoms with E-state index in [0.29, 0.717) is 37.4 Å². The minimum atomic E-state index is 0. The van der Waals surface area contributed by atoms with E-state index < -0.39 is 0 Å². The molecule has 0 aliphatic heterocycles. The third-order valence-electron chi connectivity index (χ3n) is 5.33. The van der Waals surface area contributed by atoms with Crippen molar-refractivity contribution in [2.75, 3.05) is 13.1 Å². The number of hydrogen-bond donors (Lipinski definition) is 3. The first-order valence-electron chi connectivity index (χ1n) is 10.9. The SMILES string of the molecule is CCNC(=NCc1cc(C(CC)CC)no1)NCCC(=O)NC1CCCCC1.I. The number of nitrogens with one attached hydrogen (secondary N) is 3. The van der Waals surface area contributed by atoms with E-state index in [-0.39, 0.29) is 29.9 Å². The molecule has 166 valence electrons. The Bertz CT molecular complexity index is 610. The highest BCUT2D eigenvalue weighted by Crippen LogP contribution is 2.22. The number of rotatable bonds is 10. The maximum absolute atomic E-state index is 12.1. The molecule has 8 heteroatoms. The summed E-state index contributed by atoms with van der Waals surface area (Å²) in [6, 6.07) is 2.36. The van der Waals surface area contributed by atoms with Crippen molar-refractivity contribution in [3.63, 3.8) is 0 Å². The summed E-state index contributed by atoms with van der Waals surface area (Å²) in [5, 5.41) is 13.8. The van der Waals surface area contributed by atoms with Crippen LogP contribution >= 0.6 is 24.0 Å². The van der Waals surface area contributed by atoms with Gasteiger partial charge in [-0.15, -0.1) is 24.0 Å². The Kier molecular flexibility index (Phi) is 13.0. The van der Waals surface area contributed by atoms with Crippen molar-refractivity contribution < 1.29 is 9.32 Å². The van der Waals surface area contributed by atoms with Gasteiger partial charge in [0.15, 0.2) is 11.7 Å². The van der Waals surface area contributed by atoms with E-state index in [0.717, 1.165) is 43.7 Å². The van der Waals surface area contributed by atoms with E-state index in [1.807, 2.05) is 13.0 Å². The van der Waals surface area contributed by atoms with E-state index in [9.17, 15) is 4.79 Å². The highest BCUT2D eigenvalue weighted by molar-refractivity contribution is 14.0. The average molecular weight is 519 g/mol. The minimum absolute atomic E-state index is 0. The Morgan fingerprint density at radius 2 is 1.93 bits per heavy atom. The first-order valence-corrected chi connectivity index (χ1v) is 10.9. The summed E-state index contributed by atoms with van der Waals surface area (Å²) in [4.78, 5) is 16.7. The molecule has 3 N–H and O–H groups in total. The fourth-order valence-electron chi connectivity index (χ4n) is 3.64. The van der Waals surface area contributed by atoms with Gasteiger partial charge < -0.3 is 20.5 Å². The predicted octanol–water partition coefficient (Wildman–Crippen LogP) is 4.09. The van der Waals surface area contributed by atoms with Gasteiger partial charge >= 0.3 is 0 Å². The molecule has 1 aliphatic rings. The van der Waals surface area contributed by atoms with Crippen LogP contribution in [0.2, 0.25) is 0 Å². The standard InChI is InChI=1S/C21H37N5O2.HI/c1-4-16(5-2)19-14-18(28-26-19)15-24-21(22-6-3)23-13-12-20(27)25-17-10-8-7-9-11-17;/h14,16-17H,4-13,15H2,1-3H3,(H,25,27)(H2,22,23,24);1H. The molecule has 0 unspecified atom stereocenters. The second kappa shape index (κ2) is 14.6. The van der Waals surface area contributed by atoms with Crippen molar-refractivity contribution in [3.8, 4) is 0 Å². The lowest BCUT2D eigenvalue weighted by Crippen LogP contribution is -2.41. The zero-order valence-corrected chi connectivity index (χ0v) is 20.5. The number of carbonyl (C=O) groups excluding carboxylic acids is 1. The maximum atomic E-state index is 12.1. The van der Waals surface area contributed by atoms with E-state index in [1.54, 1.807) is 0 Å². The molecule has 1 heterocycles. The molecule has 0 aromatic carbocycles. The van der Waals surface area contributed by atoms with Crippen LogP contribution in [0.5, 0.6) is 0 Å². The Morgan fingerprint density at radius 3 is 2.59 bits per heavy atom. The topological polar surface area (TPSA) is 91.6 Å². The van der Waals surface area contributed by atoms with Crippen molar-refractivity contribution in [3.05, 3.63) is 17.5 Å². The van der Waals surface area contributed by atoms with Crippen LogP contribution < -0.4 is 16.0 Å². The van der Waals surface area contributed by atoms with Crippen LogP contribution in [0.4, 0.5) is 0 Å². The van der Waals surface area contributed by atoms with Gasteiger partial charge in [0.2, 0.25) is 5.91 Å². The van der Waals surface area contributed by atoms with Crippen molar-refractivity contribution in [1.82, 2.24) is 21.1 Å². The molecule has 1 aromatic rings. The molecule has 29 heavy (non-hydrogen) atoms. The number of amides is 1. The minimum Gasteiger partial charge on any atom is -0.359 e. The van der Waals surface area contributed by atoms with Crippen LogP contribution in [0.1, 0.15) is 89.5 Å². The Morgan fingerprint density at radius 1 is 1.21 bits per heavy atom. The zero-order chi connectivity index (χ0) is 20.2. The van der Waals surface area contributed by atoms with Gasteiger partial charge in [0, 0.05) is 37.5 Å². The summed E-state index contributed by atoms with van der Waals surface area (Å²) in [5.41, 5.74) is 1.01. The Balaban J connectivity index is 0.00000420. The molecule has 1 saturated carbocycles. The lowest BCUT2D eigenvalue weighted by Gasteiger charge is -2.22. The highest BCUT2D eigenvalue weighted by Gasteiger charge is 2.15. The third-order valence-corrected chi connectivity index (χ3v) is 5.33. The van der Waals surface area contributed by atoms with Gasteiger partial charge in [-0.05, 0) is 32.6 Å². The van der Waals surface area contributed by atoms with Crippen LogP contribution in [0.15, 0.2) is 15.6 Å². The molecule has 2 rings (SSSR count). The fraction of sp³-hybridized carbons (Fsp3) is 0.762.